The largest absolute Gasteiger partial charge is 0.330 e. The first-order valence-corrected chi connectivity index (χ1v) is 8.15. The summed E-state index contributed by atoms with van der Waals surface area (Å²) in [7, 11) is 4.43. The summed E-state index contributed by atoms with van der Waals surface area (Å²) in [6.07, 6.45) is 8.26. The molecule has 1 saturated carbocycles. The van der Waals surface area contributed by atoms with Gasteiger partial charge in [-0.15, -0.1) is 0 Å². The van der Waals surface area contributed by atoms with Crippen LogP contribution in [0.25, 0.3) is 0 Å². The summed E-state index contributed by atoms with van der Waals surface area (Å²) in [4.78, 5) is 5.06. The molecule has 1 saturated heterocycles. The van der Waals surface area contributed by atoms with Gasteiger partial charge in [0.25, 0.3) is 0 Å². The molecule has 1 aliphatic carbocycles. The second-order valence-corrected chi connectivity index (χ2v) is 7.28. The van der Waals surface area contributed by atoms with E-state index in [1.54, 1.807) is 0 Å². The Balaban J connectivity index is 1.82. The smallest absolute Gasteiger partial charge is 0.0254 e. The predicted octanol–water partition coefficient (Wildman–Crippen LogP) is 2.17. The van der Waals surface area contributed by atoms with Gasteiger partial charge >= 0.3 is 0 Å². The number of nitrogens with zero attached hydrogens (tertiary/aromatic N) is 2. The molecule has 2 aliphatic rings. The second-order valence-electron chi connectivity index (χ2n) is 7.28. The normalized spacial score (nSPS) is 32.1. The number of hydrogen-bond acceptors (Lipinski definition) is 3. The molecular weight excluding hydrogens is 234 g/mol. The molecule has 1 heterocycles. The van der Waals surface area contributed by atoms with Crippen LogP contribution >= 0.6 is 0 Å². The van der Waals surface area contributed by atoms with Crippen molar-refractivity contribution < 1.29 is 0 Å². The Morgan fingerprint density at radius 2 is 1.84 bits per heavy atom. The number of hydrogen-bond donors (Lipinski definition) is 1. The van der Waals surface area contributed by atoms with Crippen LogP contribution in [0, 0.1) is 11.3 Å². The molecule has 0 amide bonds. The van der Waals surface area contributed by atoms with Crippen LogP contribution in [0.4, 0.5) is 0 Å². The van der Waals surface area contributed by atoms with E-state index in [1.807, 2.05) is 0 Å². The van der Waals surface area contributed by atoms with Crippen molar-refractivity contribution in [2.45, 2.75) is 51.5 Å². The van der Waals surface area contributed by atoms with Gasteiger partial charge in [0.1, 0.15) is 0 Å². The van der Waals surface area contributed by atoms with E-state index in [0.29, 0.717) is 5.41 Å². The van der Waals surface area contributed by atoms with Crippen molar-refractivity contribution in [2.24, 2.45) is 17.1 Å². The Morgan fingerprint density at radius 1 is 1.16 bits per heavy atom. The fraction of sp³-hybridized carbons (Fsp3) is 1.00. The molecule has 2 fully saturated rings. The highest BCUT2D eigenvalue weighted by atomic mass is 15.2. The van der Waals surface area contributed by atoms with E-state index in [-0.39, 0.29) is 0 Å². The van der Waals surface area contributed by atoms with Crippen LogP contribution in [0.1, 0.15) is 45.4 Å². The third-order valence-corrected chi connectivity index (χ3v) is 5.62. The molecule has 2 N–H and O–H groups in total. The van der Waals surface area contributed by atoms with Crippen LogP contribution in [0.3, 0.4) is 0 Å². The van der Waals surface area contributed by atoms with Gasteiger partial charge in [-0.05, 0) is 57.8 Å². The van der Waals surface area contributed by atoms with Crippen LogP contribution in [-0.2, 0) is 0 Å². The summed E-state index contributed by atoms with van der Waals surface area (Å²) < 4.78 is 0. The van der Waals surface area contributed by atoms with Crippen LogP contribution in [-0.4, -0.2) is 56.1 Å². The minimum absolute atomic E-state index is 0.470. The lowest BCUT2D eigenvalue weighted by atomic mass is 9.72. The van der Waals surface area contributed by atoms with Crippen molar-refractivity contribution >= 4 is 0 Å². The van der Waals surface area contributed by atoms with Crippen molar-refractivity contribution in [3.63, 3.8) is 0 Å². The van der Waals surface area contributed by atoms with E-state index in [0.717, 1.165) is 18.5 Å². The van der Waals surface area contributed by atoms with E-state index in [9.17, 15) is 0 Å². The third kappa shape index (κ3) is 3.71. The van der Waals surface area contributed by atoms with E-state index in [2.05, 4.69) is 30.8 Å². The first kappa shape index (κ1) is 15.3. The average molecular weight is 267 g/mol. The molecule has 2 rings (SSSR count). The van der Waals surface area contributed by atoms with E-state index < -0.39 is 0 Å². The molecule has 1 aliphatic heterocycles. The van der Waals surface area contributed by atoms with Crippen LogP contribution in [0.5, 0.6) is 0 Å². The van der Waals surface area contributed by atoms with Gasteiger partial charge < -0.3 is 15.5 Å². The van der Waals surface area contributed by atoms with E-state index in [4.69, 9.17) is 5.73 Å². The van der Waals surface area contributed by atoms with Crippen molar-refractivity contribution in [1.29, 1.82) is 0 Å². The summed E-state index contributed by atoms with van der Waals surface area (Å²) in [6, 6.07) is 0.736. The zero-order valence-corrected chi connectivity index (χ0v) is 13.2. The van der Waals surface area contributed by atoms with Gasteiger partial charge in [-0.2, -0.15) is 0 Å². The molecule has 0 aromatic carbocycles. The lowest BCUT2D eigenvalue weighted by Gasteiger charge is -2.37. The number of nitrogens with two attached hydrogens (primary N) is 1. The maximum atomic E-state index is 6.10. The molecular formula is C16H33N3. The highest BCUT2D eigenvalue weighted by Gasteiger charge is 2.34. The quantitative estimate of drug-likeness (QED) is 0.828. The highest BCUT2D eigenvalue weighted by Crippen LogP contribution is 2.38. The molecule has 3 nitrogen and oxygen atoms in total. The molecule has 0 aromatic rings. The molecule has 0 bridgehead atoms. The third-order valence-electron chi connectivity index (χ3n) is 5.62. The Labute approximate surface area is 119 Å². The predicted molar refractivity (Wildman–Crippen MR) is 82.3 cm³/mol. The van der Waals surface area contributed by atoms with Crippen LogP contribution in [0.2, 0.25) is 0 Å². The Hall–Kier alpha value is -0.120. The van der Waals surface area contributed by atoms with Crippen LogP contribution < -0.4 is 5.73 Å². The molecule has 2 atom stereocenters. The van der Waals surface area contributed by atoms with Gasteiger partial charge in [-0.3, -0.25) is 0 Å². The van der Waals surface area contributed by atoms with Gasteiger partial charge in [0.2, 0.25) is 0 Å². The Kier molecular flexibility index (Phi) is 5.27. The maximum absolute atomic E-state index is 6.10. The van der Waals surface area contributed by atoms with Crippen molar-refractivity contribution in [3.8, 4) is 0 Å². The average Bonchev–Trinajstić information content (AvgIpc) is 2.79. The fourth-order valence-electron chi connectivity index (χ4n) is 4.16. The summed E-state index contributed by atoms with van der Waals surface area (Å²) in [5, 5.41) is 0. The van der Waals surface area contributed by atoms with Gasteiger partial charge in [0.05, 0.1) is 0 Å². The number of likely N-dealkylation sites (N-methyl/N-ethyl adjacent to an activating group) is 1. The molecule has 19 heavy (non-hydrogen) atoms. The molecule has 0 spiro atoms. The topological polar surface area (TPSA) is 32.5 Å². The van der Waals surface area contributed by atoms with Crippen LogP contribution in [0.15, 0.2) is 0 Å². The van der Waals surface area contributed by atoms with Gasteiger partial charge in [0.15, 0.2) is 0 Å². The summed E-state index contributed by atoms with van der Waals surface area (Å²) >= 11 is 0. The fourth-order valence-corrected chi connectivity index (χ4v) is 4.16. The molecule has 0 radical (unpaired) electrons. The Morgan fingerprint density at radius 3 is 2.37 bits per heavy atom. The van der Waals surface area contributed by atoms with E-state index >= 15 is 0 Å². The lowest BCUT2D eigenvalue weighted by molar-refractivity contribution is 0.152. The molecule has 112 valence electrons. The summed E-state index contributed by atoms with van der Waals surface area (Å²) in [6.45, 7) is 7.06. The number of rotatable bonds is 5. The minimum atomic E-state index is 0.470. The monoisotopic (exact) mass is 267 g/mol. The van der Waals surface area contributed by atoms with E-state index in [1.165, 1.54) is 58.2 Å². The first-order chi connectivity index (χ1) is 9.06. The molecule has 3 heteroatoms. The highest BCUT2D eigenvalue weighted by molar-refractivity contribution is 4.89. The maximum Gasteiger partial charge on any atom is 0.0254 e. The second kappa shape index (κ2) is 6.55. The molecule has 2 unspecified atom stereocenters. The Bertz CT molecular complexity index is 271. The molecule has 0 aromatic heterocycles. The van der Waals surface area contributed by atoms with Gasteiger partial charge in [-0.1, -0.05) is 26.2 Å². The summed E-state index contributed by atoms with van der Waals surface area (Å²) in [5.41, 5.74) is 6.57. The zero-order chi connectivity index (χ0) is 13.9. The standard InChI is InChI=1S/C16H33N3/c1-14-11-19(12-15(14)18(2)3)10-9-16(13-17)7-5-4-6-8-16/h14-15H,4-13,17H2,1-3H3. The number of likely N-dealkylation sites (tertiary alicyclic amines) is 1. The summed E-state index contributed by atoms with van der Waals surface area (Å²) in [5.74, 6) is 0.801. The minimum Gasteiger partial charge on any atom is -0.330 e. The SMILES string of the molecule is CC1CN(CCC2(CN)CCCCC2)CC1N(C)C. The van der Waals surface area contributed by atoms with Crippen molar-refractivity contribution in [3.05, 3.63) is 0 Å². The lowest BCUT2D eigenvalue weighted by Crippen LogP contribution is -2.38. The van der Waals surface area contributed by atoms with Gasteiger partial charge in [-0.25, -0.2) is 0 Å². The van der Waals surface area contributed by atoms with Crippen molar-refractivity contribution in [1.82, 2.24) is 9.80 Å². The first-order valence-electron chi connectivity index (χ1n) is 8.15. The van der Waals surface area contributed by atoms with Crippen molar-refractivity contribution in [2.75, 3.05) is 40.3 Å². The zero-order valence-electron chi connectivity index (χ0n) is 13.2. The van der Waals surface area contributed by atoms with Gasteiger partial charge in [0, 0.05) is 19.1 Å².